The van der Waals surface area contributed by atoms with E-state index >= 15 is 0 Å². The molecule has 0 radical (unpaired) electrons. The second-order valence-corrected chi connectivity index (χ2v) is 3.03. The Morgan fingerprint density at radius 2 is 1.92 bits per heavy atom. The van der Waals surface area contributed by atoms with Crippen molar-refractivity contribution in [1.82, 2.24) is 4.90 Å². The Labute approximate surface area is 74.3 Å². The Bertz CT molecular complexity index is 228. The van der Waals surface area contributed by atoms with Crippen LogP contribution in [0.3, 0.4) is 0 Å². The first-order valence-electron chi connectivity index (χ1n) is 4.25. The number of allylic oxidation sites excluding steroid dienone is 2. The standard InChI is InChI=1S/C10H16N2/c1-9(8-11-3)10(2)12-6-4-5-7-12/h4-5,8H,6-7H2,1-3H3/b10-9+,11-8?. The monoisotopic (exact) mass is 164 g/mol. The zero-order chi connectivity index (χ0) is 8.97. The van der Waals surface area contributed by atoms with Gasteiger partial charge in [0.05, 0.1) is 0 Å². The lowest BCUT2D eigenvalue weighted by Gasteiger charge is -2.19. The van der Waals surface area contributed by atoms with Crippen molar-refractivity contribution in [2.45, 2.75) is 13.8 Å². The fourth-order valence-electron chi connectivity index (χ4n) is 1.29. The molecule has 0 saturated carbocycles. The van der Waals surface area contributed by atoms with Crippen LogP contribution in [0.25, 0.3) is 0 Å². The quantitative estimate of drug-likeness (QED) is 0.449. The molecule has 0 unspecified atom stereocenters. The molecule has 0 bridgehead atoms. The van der Waals surface area contributed by atoms with Crippen LogP contribution in [0.2, 0.25) is 0 Å². The molecule has 1 aliphatic rings. The van der Waals surface area contributed by atoms with Gasteiger partial charge < -0.3 is 4.90 Å². The fourth-order valence-corrected chi connectivity index (χ4v) is 1.29. The number of nitrogens with zero attached hydrogens (tertiary/aromatic N) is 2. The highest BCUT2D eigenvalue weighted by Crippen LogP contribution is 2.11. The number of hydrogen-bond acceptors (Lipinski definition) is 2. The van der Waals surface area contributed by atoms with Crippen molar-refractivity contribution in [3.8, 4) is 0 Å². The highest BCUT2D eigenvalue weighted by atomic mass is 15.1. The van der Waals surface area contributed by atoms with Gasteiger partial charge in [-0.25, -0.2) is 0 Å². The van der Waals surface area contributed by atoms with Crippen LogP contribution in [0.4, 0.5) is 0 Å². The molecule has 1 aliphatic heterocycles. The second-order valence-electron chi connectivity index (χ2n) is 3.03. The summed E-state index contributed by atoms with van der Waals surface area (Å²) >= 11 is 0. The molecular formula is C10H16N2. The predicted molar refractivity (Wildman–Crippen MR) is 53.5 cm³/mol. The van der Waals surface area contributed by atoms with Crippen LogP contribution in [0, 0.1) is 0 Å². The third kappa shape index (κ3) is 1.97. The topological polar surface area (TPSA) is 15.6 Å². The van der Waals surface area contributed by atoms with Gasteiger partial charge in [0.2, 0.25) is 0 Å². The van der Waals surface area contributed by atoms with Crippen LogP contribution < -0.4 is 0 Å². The Balaban J connectivity index is 2.67. The molecule has 0 N–H and O–H groups in total. The molecule has 0 fully saturated rings. The lowest BCUT2D eigenvalue weighted by Crippen LogP contribution is -2.18. The van der Waals surface area contributed by atoms with Crippen LogP contribution in [-0.4, -0.2) is 31.3 Å². The maximum absolute atomic E-state index is 4.00. The van der Waals surface area contributed by atoms with Crippen molar-refractivity contribution in [2.75, 3.05) is 20.1 Å². The summed E-state index contributed by atoms with van der Waals surface area (Å²) in [5.41, 5.74) is 2.58. The van der Waals surface area contributed by atoms with Crippen LogP contribution in [0.1, 0.15) is 13.8 Å². The molecule has 0 saturated heterocycles. The van der Waals surface area contributed by atoms with E-state index < -0.39 is 0 Å². The fraction of sp³-hybridized carbons (Fsp3) is 0.500. The van der Waals surface area contributed by atoms with Gasteiger partial charge in [-0.05, 0) is 19.4 Å². The van der Waals surface area contributed by atoms with E-state index in [1.807, 2.05) is 6.21 Å². The summed E-state index contributed by atoms with van der Waals surface area (Å²) in [6.45, 7) is 6.33. The highest BCUT2D eigenvalue weighted by Gasteiger charge is 2.07. The molecule has 12 heavy (non-hydrogen) atoms. The average Bonchev–Trinajstić information content (AvgIpc) is 2.55. The van der Waals surface area contributed by atoms with Gasteiger partial charge in [-0.3, -0.25) is 4.99 Å². The third-order valence-corrected chi connectivity index (χ3v) is 2.19. The number of rotatable bonds is 2. The van der Waals surface area contributed by atoms with Crippen molar-refractivity contribution in [3.63, 3.8) is 0 Å². The molecule has 0 amide bonds. The van der Waals surface area contributed by atoms with Gasteiger partial charge in [0.25, 0.3) is 0 Å². The Hall–Kier alpha value is -1.05. The summed E-state index contributed by atoms with van der Waals surface area (Å²) < 4.78 is 0. The van der Waals surface area contributed by atoms with Crippen molar-refractivity contribution < 1.29 is 0 Å². The minimum absolute atomic E-state index is 1.04. The zero-order valence-corrected chi connectivity index (χ0v) is 8.04. The minimum atomic E-state index is 1.04. The Morgan fingerprint density at radius 3 is 2.42 bits per heavy atom. The van der Waals surface area contributed by atoms with Crippen LogP contribution in [-0.2, 0) is 0 Å². The first-order chi connectivity index (χ1) is 5.75. The Kier molecular flexibility index (Phi) is 3.09. The summed E-state index contributed by atoms with van der Waals surface area (Å²) in [5, 5.41) is 0. The molecule has 2 nitrogen and oxygen atoms in total. The molecule has 0 aromatic carbocycles. The van der Waals surface area contributed by atoms with E-state index in [9.17, 15) is 0 Å². The molecule has 0 spiro atoms. The van der Waals surface area contributed by atoms with Gasteiger partial charge in [-0.15, -0.1) is 0 Å². The minimum Gasteiger partial charge on any atom is -0.367 e. The molecule has 0 aliphatic carbocycles. The van der Waals surface area contributed by atoms with Gasteiger partial charge in [-0.1, -0.05) is 12.2 Å². The van der Waals surface area contributed by atoms with Gasteiger partial charge in [0.1, 0.15) is 0 Å². The number of aliphatic imine (C=N–C) groups is 1. The molecular weight excluding hydrogens is 148 g/mol. The lowest BCUT2D eigenvalue weighted by atomic mass is 10.2. The summed E-state index contributed by atoms with van der Waals surface area (Å²) in [6, 6.07) is 0. The van der Waals surface area contributed by atoms with Crippen LogP contribution >= 0.6 is 0 Å². The third-order valence-electron chi connectivity index (χ3n) is 2.19. The van der Waals surface area contributed by atoms with Gasteiger partial charge in [0, 0.05) is 32.0 Å². The number of hydrogen-bond donors (Lipinski definition) is 0. The van der Waals surface area contributed by atoms with Crippen molar-refractivity contribution in [3.05, 3.63) is 23.4 Å². The molecule has 0 aromatic heterocycles. The average molecular weight is 164 g/mol. The molecule has 1 heterocycles. The molecule has 2 heteroatoms. The summed E-state index contributed by atoms with van der Waals surface area (Å²) in [4.78, 5) is 6.33. The van der Waals surface area contributed by atoms with Crippen molar-refractivity contribution in [2.24, 2.45) is 4.99 Å². The van der Waals surface area contributed by atoms with E-state index in [1.54, 1.807) is 7.05 Å². The van der Waals surface area contributed by atoms with Crippen LogP contribution in [0.5, 0.6) is 0 Å². The predicted octanol–water partition coefficient (Wildman–Crippen LogP) is 1.85. The highest BCUT2D eigenvalue weighted by molar-refractivity contribution is 5.78. The summed E-state index contributed by atoms with van der Waals surface area (Å²) in [6.07, 6.45) is 6.30. The lowest BCUT2D eigenvalue weighted by molar-refractivity contribution is 0.442. The van der Waals surface area contributed by atoms with E-state index in [-0.39, 0.29) is 0 Å². The molecule has 1 rings (SSSR count). The smallest absolute Gasteiger partial charge is 0.0360 e. The first kappa shape index (κ1) is 9.04. The largest absolute Gasteiger partial charge is 0.367 e. The van der Waals surface area contributed by atoms with Crippen LogP contribution in [0.15, 0.2) is 28.4 Å². The van der Waals surface area contributed by atoms with Gasteiger partial charge >= 0.3 is 0 Å². The van der Waals surface area contributed by atoms with Crippen molar-refractivity contribution >= 4 is 6.21 Å². The zero-order valence-electron chi connectivity index (χ0n) is 8.04. The van der Waals surface area contributed by atoms with E-state index in [0.29, 0.717) is 0 Å². The van der Waals surface area contributed by atoms with Gasteiger partial charge in [0.15, 0.2) is 0 Å². The maximum atomic E-state index is 4.00. The second kappa shape index (κ2) is 4.10. The molecule has 66 valence electrons. The van der Waals surface area contributed by atoms with Gasteiger partial charge in [-0.2, -0.15) is 0 Å². The SMILES string of the molecule is CN=C/C(C)=C(\C)N1CC=CC1. The van der Waals surface area contributed by atoms with E-state index in [2.05, 4.69) is 35.9 Å². The van der Waals surface area contributed by atoms with E-state index in [0.717, 1.165) is 13.1 Å². The van der Waals surface area contributed by atoms with E-state index in [4.69, 9.17) is 0 Å². The normalized spacial score (nSPS) is 19.1. The Morgan fingerprint density at radius 1 is 1.33 bits per heavy atom. The maximum Gasteiger partial charge on any atom is 0.0360 e. The first-order valence-corrected chi connectivity index (χ1v) is 4.25. The molecule has 0 aromatic rings. The van der Waals surface area contributed by atoms with E-state index in [1.165, 1.54) is 11.3 Å². The summed E-state index contributed by atoms with van der Waals surface area (Å²) in [7, 11) is 1.80. The summed E-state index contributed by atoms with van der Waals surface area (Å²) in [5.74, 6) is 0. The van der Waals surface area contributed by atoms with Crippen molar-refractivity contribution in [1.29, 1.82) is 0 Å². The molecule has 0 atom stereocenters.